The molecule has 2 rings (SSSR count). The lowest BCUT2D eigenvalue weighted by molar-refractivity contribution is 0.201. The third kappa shape index (κ3) is 1.67. The van der Waals surface area contributed by atoms with E-state index in [0.717, 1.165) is 22.8 Å². The van der Waals surface area contributed by atoms with Crippen LogP contribution >= 0.6 is 11.8 Å². The van der Waals surface area contributed by atoms with Crippen molar-refractivity contribution in [2.24, 2.45) is 0 Å². The second kappa shape index (κ2) is 3.60. The molecular formula is C10H12O2S. The van der Waals surface area contributed by atoms with Gasteiger partial charge in [0.2, 0.25) is 0 Å². The van der Waals surface area contributed by atoms with Crippen LogP contribution in [0.15, 0.2) is 18.2 Å². The Bertz CT molecular complexity index is 312. The van der Waals surface area contributed by atoms with Crippen LogP contribution in [0.1, 0.15) is 17.2 Å². The summed E-state index contributed by atoms with van der Waals surface area (Å²) in [5, 5.41) is 9.66. The van der Waals surface area contributed by atoms with E-state index in [1.165, 1.54) is 5.56 Å². The highest BCUT2D eigenvalue weighted by molar-refractivity contribution is 7.98. The normalized spacial score (nSPS) is 20.9. The van der Waals surface area contributed by atoms with E-state index in [9.17, 15) is 5.11 Å². The van der Waals surface area contributed by atoms with Gasteiger partial charge in [-0.15, -0.1) is 0 Å². The summed E-state index contributed by atoms with van der Waals surface area (Å²) >= 11 is 1.76. The van der Waals surface area contributed by atoms with Crippen molar-refractivity contribution < 1.29 is 9.84 Å². The molecule has 0 saturated carbocycles. The Morgan fingerprint density at radius 1 is 1.54 bits per heavy atom. The minimum absolute atomic E-state index is 0.306. The largest absolute Gasteiger partial charge is 0.497 e. The summed E-state index contributed by atoms with van der Waals surface area (Å²) in [4.78, 5) is 0. The zero-order valence-electron chi connectivity index (χ0n) is 7.49. The molecule has 1 aromatic rings. The summed E-state index contributed by atoms with van der Waals surface area (Å²) in [5.74, 6) is 2.65. The smallest absolute Gasteiger partial charge is 0.119 e. The highest BCUT2D eigenvalue weighted by Crippen LogP contribution is 2.33. The number of aliphatic hydroxyl groups is 1. The Labute approximate surface area is 81.9 Å². The monoisotopic (exact) mass is 196 g/mol. The zero-order chi connectivity index (χ0) is 9.26. The molecule has 13 heavy (non-hydrogen) atoms. The molecule has 2 nitrogen and oxygen atoms in total. The first-order valence-electron chi connectivity index (χ1n) is 4.24. The van der Waals surface area contributed by atoms with Gasteiger partial charge >= 0.3 is 0 Å². The molecule has 3 heteroatoms. The molecule has 1 aliphatic heterocycles. The summed E-state index contributed by atoms with van der Waals surface area (Å²) in [6, 6.07) is 5.86. The summed E-state index contributed by atoms with van der Waals surface area (Å²) in [6.07, 6.45) is -0.306. The fraction of sp³-hybridized carbons (Fsp3) is 0.400. The number of rotatable bonds is 1. The lowest BCUT2D eigenvalue weighted by atomic mass is 10.0. The minimum atomic E-state index is -0.306. The van der Waals surface area contributed by atoms with E-state index >= 15 is 0 Å². The summed E-state index contributed by atoms with van der Waals surface area (Å²) in [6.45, 7) is 0. The molecule has 0 bridgehead atoms. The average molecular weight is 196 g/mol. The van der Waals surface area contributed by atoms with Gasteiger partial charge in [-0.3, -0.25) is 0 Å². The van der Waals surface area contributed by atoms with Gasteiger partial charge in [-0.2, -0.15) is 11.8 Å². The van der Waals surface area contributed by atoms with Crippen LogP contribution in [0.4, 0.5) is 0 Å². The Morgan fingerprint density at radius 2 is 2.38 bits per heavy atom. The molecular weight excluding hydrogens is 184 g/mol. The topological polar surface area (TPSA) is 29.5 Å². The molecule has 0 amide bonds. The molecule has 1 N–H and O–H groups in total. The first-order chi connectivity index (χ1) is 6.31. The van der Waals surface area contributed by atoms with Crippen molar-refractivity contribution in [1.82, 2.24) is 0 Å². The maximum atomic E-state index is 9.66. The summed E-state index contributed by atoms with van der Waals surface area (Å²) in [7, 11) is 1.66. The van der Waals surface area contributed by atoms with Crippen LogP contribution in [-0.2, 0) is 5.75 Å². The predicted molar refractivity (Wildman–Crippen MR) is 54.1 cm³/mol. The molecule has 0 saturated heterocycles. The van der Waals surface area contributed by atoms with Gasteiger partial charge in [0.15, 0.2) is 0 Å². The number of hydrogen-bond acceptors (Lipinski definition) is 3. The molecule has 0 aliphatic carbocycles. The number of hydrogen-bond donors (Lipinski definition) is 1. The van der Waals surface area contributed by atoms with Crippen molar-refractivity contribution in [3.05, 3.63) is 29.3 Å². The van der Waals surface area contributed by atoms with Gasteiger partial charge in [0, 0.05) is 11.5 Å². The van der Waals surface area contributed by atoms with Crippen LogP contribution < -0.4 is 4.74 Å². The van der Waals surface area contributed by atoms with E-state index in [1.807, 2.05) is 18.2 Å². The standard InChI is InChI=1S/C10H12O2S/c1-12-8-2-3-9-7(4-8)5-13-6-10(9)11/h2-4,10-11H,5-6H2,1H3/t10-/m1/s1. The van der Waals surface area contributed by atoms with Crippen molar-refractivity contribution in [3.8, 4) is 5.75 Å². The molecule has 1 aromatic carbocycles. The quantitative estimate of drug-likeness (QED) is 0.744. The van der Waals surface area contributed by atoms with Crippen molar-refractivity contribution >= 4 is 11.8 Å². The molecule has 1 aliphatic rings. The van der Waals surface area contributed by atoms with Gasteiger partial charge in [-0.05, 0) is 23.3 Å². The molecule has 1 heterocycles. The van der Waals surface area contributed by atoms with Crippen molar-refractivity contribution in [2.45, 2.75) is 11.9 Å². The number of fused-ring (bicyclic) bond motifs is 1. The summed E-state index contributed by atoms with van der Waals surface area (Å²) < 4.78 is 5.12. The molecule has 0 spiro atoms. The van der Waals surface area contributed by atoms with Crippen LogP contribution in [-0.4, -0.2) is 18.0 Å². The molecule has 1 atom stereocenters. The van der Waals surface area contributed by atoms with E-state index in [0.29, 0.717) is 0 Å². The third-order valence-electron chi connectivity index (χ3n) is 2.24. The average Bonchev–Trinajstić information content (AvgIpc) is 2.18. The minimum Gasteiger partial charge on any atom is -0.497 e. The second-order valence-electron chi connectivity index (χ2n) is 3.10. The van der Waals surface area contributed by atoms with Crippen molar-refractivity contribution in [1.29, 1.82) is 0 Å². The zero-order valence-corrected chi connectivity index (χ0v) is 8.30. The third-order valence-corrected chi connectivity index (χ3v) is 3.31. The Balaban J connectivity index is 2.39. The fourth-order valence-corrected chi connectivity index (χ4v) is 2.52. The maximum absolute atomic E-state index is 9.66. The Hall–Kier alpha value is -0.670. The highest BCUT2D eigenvalue weighted by atomic mass is 32.2. The highest BCUT2D eigenvalue weighted by Gasteiger charge is 2.18. The Morgan fingerprint density at radius 3 is 3.15 bits per heavy atom. The van der Waals surface area contributed by atoms with Crippen LogP contribution in [0.3, 0.4) is 0 Å². The lowest BCUT2D eigenvalue weighted by Crippen LogP contribution is -2.09. The van der Waals surface area contributed by atoms with Gasteiger partial charge < -0.3 is 9.84 Å². The van der Waals surface area contributed by atoms with Crippen molar-refractivity contribution in [2.75, 3.05) is 12.9 Å². The number of benzene rings is 1. The first kappa shape index (κ1) is 8.91. The number of ether oxygens (including phenoxy) is 1. The summed E-state index contributed by atoms with van der Waals surface area (Å²) in [5.41, 5.74) is 2.25. The molecule has 0 aromatic heterocycles. The molecule has 0 unspecified atom stereocenters. The van der Waals surface area contributed by atoms with Crippen LogP contribution in [0.25, 0.3) is 0 Å². The van der Waals surface area contributed by atoms with Crippen molar-refractivity contribution in [3.63, 3.8) is 0 Å². The van der Waals surface area contributed by atoms with Gasteiger partial charge in [0.05, 0.1) is 13.2 Å². The molecule has 0 fully saturated rings. The van der Waals surface area contributed by atoms with E-state index in [2.05, 4.69) is 0 Å². The van der Waals surface area contributed by atoms with Crippen LogP contribution in [0, 0.1) is 0 Å². The Kier molecular flexibility index (Phi) is 2.47. The van der Waals surface area contributed by atoms with E-state index in [4.69, 9.17) is 4.74 Å². The van der Waals surface area contributed by atoms with E-state index < -0.39 is 0 Å². The van der Waals surface area contributed by atoms with Gasteiger partial charge in [-0.1, -0.05) is 6.07 Å². The van der Waals surface area contributed by atoms with Gasteiger partial charge in [-0.25, -0.2) is 0 Å². The number of aliphatic hydroxyl groups excluding tert-OH is 1. The van der Waals surface area contributed by atoms with E-state index in [-0.39, 0.29) is 6.10 Å². The molecule has 70 valence electrons. The first-order valence-corrected chi connectivity index (χ1v) is 5.39. The maximum Gasteiger partial charge on any atom is 0.119 e. The fourth-order valence-electron chi connectivity index (χ4n) is 1.53. The SMILES string of the molecule is COc1ccc2c(c1)CSC[C@H]2O. The number of methoxy groups -OCH3 is 1. The van der Waals surface area contributed by atoms with E-state index in [1.54, 1.807) is 18.9 Å². The predicted octanol–water partition coefficient (Wildman–Crippen LogP) is 1.98. The van der Waals surface area contributed by atoms with Gasteiger partial charge in [0.1, 0.15) is 5.75 Å². The molecule has 0 radical (unpaired) electrons. The second-order valence-corrected chi connectivity index (χ2v) is 4.13. The number of thioether (sulfide) groups is 1. The van der Waals surface area contributed by atoms with Crippen LogP contribution in [0.2, 0.25) is 0 Å². The lowest BCUT2D eigenvalue weighted by Gasteiger charge is -2.21. The van der Waals surface area contributed by atoms with Gasteiger partial charge in [0.25, 0.3) is 0 Å². The van der Waals surface area contributed by atoms with Crippen LogP contribution in [0.5, 0.6) is 5.75 Å².